The standard InChI is InChI=1S/C14H26N2O/c15-9-11-5-7-12(8-6-11)10-16-14(17)13-3-1-2-4-13/h11-13H,1-10,15H2,(H,16,17). The predicted molar refractivity (Wildman–Crippen MR) is 69.5 cm³/mol. The van der Waals surface area contributed by atoms with Crippen molar-refractivity contribution in [3.63, 3.8) is 0 Å². The molecule has 0 aromatic rings. The molecule has 1 amide bonds. The summed E-state index contributed by atoms with van der Waals surface area (Å²) in [4.78, 5) is 11.9. The minimum atomic E-state index is 0.309. The maximum atomic E-state index is 11.9. The van der Waals surface area contributed by atoms with E-state index in [1.807, 2.05) is 0 Å². The monoisotopic (exact) mass is 238 g/mol. The van der Waals surface area contributed by atoms with Crippen LogP contribution >= 0.6 is 0 Å². The van der Waals surface area contributed by atoms with Gasteiger partial charge in [0.15, 0.2) is 0 Å². The van der Waals surface area contributed by atoms with Gasteiger partial charge in [0.05, 0.1) is 0 Å². The summed E-state index contributed by atoms with van der Waals surface area (Å²) in [6, 6.07) is 0. The first-order valence-electron chi connectivity index (χ1n) is 7.27. The molecule has 2 aliphatic carbocycles. The number of amides is 1. The van der Waals surface area contributed by atoms with Gasteiger partial charge in [0, 0.05) is 12.5 Å². The van der Waals surface area contributed by atoms with Gasteiger partial charge in [-0.3, -0.25) is 4.79 Å². The molecule has 0 radical (unpaired) electrons. The Morgan fingerprint density at radius 1 is 1.00 bits per heavy atom. The van der Waals surface area contributed by atoms with E-state index in [9.17, 15) is 4.79 Å². The van der Waals surface area contributed by atoms with Gasteiger partial charge in [0.1, 0.15) is 0 Å². The van der Waals surface area contributed by atoms with E-state index in [0.717, 1.165) is 31.8 Å². The Labute approximate surface area is 105 Å². The minimum absolute atomic E-state index is 0.309. The van der Waals surface area contributed by atoms with Crippen LogP contribution in [0.15, 0.2) is 0 Å². The van der Waals surface area contributed by atoms with Crippen LogP contribution in [0.25, 0.3) is 0 Å². The highest BCUT2D eigenvalue weighted by molar-refractivity contribution is 5.78. The van der Waals surface area contributed by atoms with Crippen LogP contribution in [-0.4, -0.2) is 19.0 Å². The molecular weight excluding hydrogens is 212 g/mol. The van der Waals surface area contributed by atoms with Crippen LogP contribution < -0.4 is 11.1 Å². The molecule has 2 rings (SSSR count). The van der Waals surface area contributed by atoms with Crippen LogP contribution in [-0.2, 0) is 4.79 Å². The van der Waals surface area contributed by atoms with E-state index in [4.69, 9.17) is 5.73 Å². The van der Waals surface area contributed by atoms with Crippen molar-refractivity contribution < 1.29 is 4.79 Å². The van der Waals surface area contributed by atoms with E-state index in [2.05, 4.69) is 5.32 Å². The summed E-state index contributed by atoms with van der Waals surface area (Å²) in [5.74, 6) is 2.05. The average Bonchev–Trinajstić information content (AvgIpc) is 2.90. The number of hydrogen-bond acceptors (Lipinski definition) is 2. The summed E-state index contributed by atoms with van der Waals surface area (Å²) in [7, 11) is 0. The summed E-state index contributed by atoms with van der Waals surface area (Å²) >= 11 is 0. The molecule has 0 unspecified atom stereocenters. The first-order valence-corrected chi connectivity index (χ1v) is 7.27. The van der Waals surface area contributed by atoms with Gasteiger partial charge >= 0.3 is 0 Å². The second kappa shape index (κ2) is 6.39. The molecule has 3 N–H and O–H groups in total. The maximum absolute atomic E-state index is 11.9. The lowest BCUT2D eigenvalue weighted by Crippen LogP contribution is -2.35. The highest BCUT2D eigenvalue weighted by atomic mass is 16.1. The fourth-order valence-electron chi connectivity index (χ4n) is 3.25. The van der Waals surface area contributed by atoms with Gasteiger partial charge in [0.25, 0.3) is 0 Å². The van der Waals surface area contributed by atoms with E-state index in [1.165, 1.54) is 38.5 Å². The van der Waals surface area contributed by atoms with Crippen LogP contribution in [0.1, 0.15) is 51.4 Å². The van der Waals surface area contributed by atoms with Gasteiger partial charge in [-0.2, -0.15) is 0 Å². The molecule has 98 valence electrons. The van der Waals surface area contributed by atoms with Crippen molar-refractivity contribution in [2.24, 2.45) is 23.5 Å². The SMILES string of the molecule is NCC1CCC(CNC(=O)C2CCCC2)CC1. The Balaban J connectivity index is 1.63. The molecule has 0 aliphatic heterocycles. The quantitative estimate of drug-likeness (QED) is 0.787. The second-order valence-electron chi connectivity index (χ2n) is 5.85. The first-order chi connectivity index (χ1) is 8.29. The first kappa shape index (κ1) is 12.9. The zero-order valence-electron chi connectivity index (χ0n) is 10.8. The number of nitrogens with two attached hydrogens (primary N) is 1. The molecule has 3 heteroatoms. The highest BCUT2D eigenvalue weighted by Gasteiger charge is 2.24. The Morgan fingerprint density at radius 2 is 1.59 bits per heavy atom. The lowest BCUT2D eigenvalue weighted by atomic mass is 9.82. The average molecular weight is 238 g/mol. The highest BCUT2D eigenvalue weighted by Crippen LogP contribution is 2.28. The van der Waals surface area contributed by atoms with Crippen molar-refractivity contribution in [2.45, 2.75) is 51.4 Å². The third-order valence-electron chi connectivity index (χ3n) is 4.59. The molecule has 0 aromatic carbocycles. The number of nitrogens with one attached hydrogen (secondary N) is 1. The molecule has 0 saturated heterocycles. The molecule has 0 atom stereocenters. The Hall–Kier alpha value is -0.570. The predicted octanol–water partition coefficient (Wildman–Crippen LogP) is 2.06. The topological polar surface area (TPSA) is 55.1 Å². The normalized spacial score (nSPS) is 30.4. The minimum Gasteiger partial charge on any atom is -0.356 e. The number of carbonyl (C=O) groups is 1. The Bertz CT molecular complexity index is 241. The van der Waals surface area contributed by atoms with E-state index < -0.39 is 0 Å². The van der Waals surface area contributed by atoms with Crippen molar-refractivity contribution in [3.05, 3.63) is 0 Å². The van der Waals surface area contributed by atoms with Crippen molar-refractivity contribution in [3.8, 4) is 0 Å². The smallest absolute Gasteiger partial charge is 0.223 e. The summed E-state index contributed by atoms with van der Waals surface area (Å²) in [6.45, 7) is 1.73. The van der Waals surface area contributed by atoms with Crippen LogP contribution in [0.2, 0.25) is 0 Å². The summed E-state index contributed by atoms with van der Waals surface area (Å²) in [6.07, 6.45) is 9.66. The number of carbonyl (C=O) groups excluding carboxylic acids is 1. The van der Waals surface area contributed by atoms with Crippen LogP contribution in [0.4, 0.5) is 0 Å². The van der Waals surface area contributed by atoms with Gasteiger partial charge in [0.2, 0.25) is 5.91 Å². The Morgan fingerprint density at radius 3 is 2.18 bits per heavy atom. The van der Waals surface area contributed by atoms with Gasteiger partial charge in [-0.25, -0.2) is 0 Å². The van der Waals surface area contributed by atoms with E-state index in [-0.39, 0.29) is 0 Å². The zero-order chi connectivity index (χ0) is 12.1. The van der Waals surface area contributed by atoms with Crippen LogP contribution in [0, 0.1) is 17.8 Å². The maximum Gasteiger partial charge on any atom is 0.223 e. The van der Waals surface area contributed by atoms with Gasteiger partial charge in [-0.15, -0.1) is 0 Å². The van der Waals surface area contributed by atoms with E-state index >= 15 is 0 Å². The lowest BCUT2D eigenvalue weighted by molar-refractivity contribution is -0.125. The lowest BCUT2D eigenvalue weighted by Gasteiger charge is -2.28. The van der Waals surface area contributed by atoms with Crippen LogP contribution in [0.5, 0.6) is 0 Å². The molecule has 0 heterocycles. The molecule has 17 heavy (non-hydrogen) atoms. The fraction of sp³-hybridized carbons (Fsp3) is 0.929. The zero-order valence-corrected chi connectivity index (χ0v) is 10.8. The fourth-order valence-corrected chi connectivity index (χ4v) is 3.25. The molecular formula is C14H26N2O. The van der Waals surface area contributed by atoms with Crippen molar-refractivity contribution in [1.82, 2.24) is 5.32 Å². The third-order valence-corrected chi connectivity index (χ3v) is 4.59. The summed E-state index contributed by atoms with van der Waals surface area (Å²) < 4.78 is 0. The van der Waals surface area contributed by atoms with Crippen LogP contribution in [0.3, 0.4) is 0 Å². The van der Waals surface area contributed by atoms with Gasteiger partial charge < -0.3 is 11.1 Å². The molecule has 2 fully saturated rings. The molecule has 0 aromatic heterocycles. The van der Waals surface area contributed by atoms with Crippen molar-refractivity contribution in [1.29, 1.82) is 0 Å². The molecule has 3 nitrogen and oxygen atoms in total. The second-order valence-corrected chi connectivity index (χ2v) is 5.85. The van der Waals surface area contributed by atoms with Crippen molar-refractivity contribution in [2.75, 3.05) is 13.1 Å². The summed E-state index contributed by atoms with van der Waals surface area (Å²) in [5, 5.41) is 3.16. The van der Waals surface area contributed by atoms with Gasteiger partial charge in [-0.1, -0.05) is 12.8 Å². The number of hydrogen-bond donors (Lipinski definition) is 2. The van der Waals surface area contributed by atoms with E-state index in [1.54, 1.807) is 0 Å². The molecule has 0 spiro atoms. The molecule has 2 aliphatic rings. The third kappa shape index (κ3) is 3.70. The largest absolute Gasteiger partial charge is 0.356 e. The Kier molecular flexibility index (Phi) is 4.84. The molecule has 2 saturated carbocycles. The van der Waals surface area contributed by atoms with E-state index in [0.29, 0.717) is 17.7 Å². The van der Waals surface area contributed by atoms with Crippen molar-refractivity contribution >= 4 is 5.91 Å². The summed E-state index contributed by atoms with van der Waals surface area (Å²) in [5.41, 5.74) is 5.68. The number of rotatable bonds is 4. The molecule has 0 bridgehead atoms. The van der Waals surface area contributed by atoms with Gasteiger partial charge in [-0.05, 0) is 56.9 Å².